The number of carbonyl (C=O) groups is 1. The number of nitrogens with one attached hydrogen (secondary N) is 1. The van der Waals surface area contributed by atoms with Gasteiger partial charge in [-0.05, 0) is 6.42 Å². The summed E-state index contributed by atoms with van der Waals surface area (Å²) in [6.45, 7) is 5.77. The number of hydrogen-bond acceptors (Lipinski definition) is 3. The number of aromatic nitrogens is 3. The molecule has 1 aromatic rings. The fourth-order valence-electron chi connectivity index (χ4n) is 0.688. The Labute approximate surface area is 77.1 Å². The molecule has 0 bridgehead atoms. The molecule has 1 amide bonds. The third kappa shape index (κ3) is 2.27. The Bertz CT molecular complexity index is 278. The second-order valence-electron chi connectivity index (χ2n) is 3.55. The Morgan fingerprint density at radius 3 is 2.46 bits per heavy atom. The van der Waals surface area contributed by atoms with Crippen molar-refractivity contribution in [3.05, 3.63) is 12.7 Å². The van der Waals surface area contributed by atoms with Gasteiger partial charge in [-0.25, -0.2) is 4.68 Å². The van der Waals surface area contributed by atoms with Gasteiger partial charge in [-0.1, -0.05) is 20.8 Å². The SMILES string of the molecule is CCC(C)(C)C(=O)Nn1cnnc1. The summed E-state index contributed by atoms with van der Waals surface area (Å²) in [6.07, 6.45) is 3.69. The lowest BCUT2D eigenvalue weighted by atomic mass is 9.90. The second kappa shape index (κ2) is 3.55. The van der Waals surface area contributed by atoms with Crippen LogP contribution in [0.1, 0.15) is 27.2 Å². The van der Waals surface area contributed by atoms with E-state index in [9.17, 15) is 4.79 Å². The van der Waals surface area contributed by atoms with Crippen LogP contribution in [0.4, 0.5) is 0 Å². The zero-order valence-corrected chi connectivity index (χ0v) is 8.11. The zero-order valence-electron chi connectivity index (χ0n) is 8.11. The molecule has 0 aliphatic carbocycles. The van der Waals surface area contributed by atoms with E-state index in [4.69, 9.17) is 0 Å². The molecule has 0 spiro atoms. The van der Waals surface area contributed by atoms with Crippen LogP contribution in [-0.4, -0.2) is 20.8 Å². The summed E-state index contributed by atoms with van der Waals surface area (Å²) in [4.78, 5) is 11.6. The molecule has 0 aromatic carbocycles. The number of nitrogens with zero attached hydrogens (tertiary/aromatic N) is 3. The summed E-state index contributed by atoms with van der Waals surface area (Å²) in [5, 5.41) is 7.16. The third-order valence-corrected chi connectivity index (χ3v) is 2.15. The van der Waals surface area contributed by atoms with Crippen molar-refractivity contribution in [3.63, 3.8) is 0 Å². The third-order valence-electron chi connectivity index (χ3n) is 2.15. The summed E-state index contributed by atoms with van der Waals surface area (Å²) in [7, 11) is 0. The van der Waals surface area contributed by atoms with Crippen LogP contribution in [0.25, 0.3) is 0 Å². The lowest BCUT2D eigenvalue weighted by molar-refractivity contribution is -0.125. The van der Waals surface area contributed by atoms with Crippen LogP contribution in [0.2, 0.25) is 0 Å². The van der Waals surface area contributed by atoms with Gasteiger partial charge >= 0.3 is 0 Å². The molecule has 0 saturated carbocycles. The van der Waals surface area contributed by atoms with Gasteiger partial charge in [-0.3, -0.25) is 10.2 Å². The van der Waals surface area contributed by atoms with Crippen LogP contribution in [0.15, 0.2) is 12.7 Å². The fraction of sp³-hybridized carbons (Fsp3) is 0.625. The summed E-state index contributed by atoms with van der Waals surface area (Å²) in [6, 6.07) is 0. The molecule has 0 aliphatic rings. The highest BCUT2D eigenvalue weighted by Gasteiger charge is 2.25. The predicted molar refractivity (Wildman–Crippen MR) is 48.5 cm³/mol. The number of amides is 1. The molecule has 0 radical (unpaired) electrons. The van der Waals surface area contributed by atoms with Crippen molar-refractivity contribution < 1.29 is 4.79 Å². The molecule has 1 heterocycles. The normalized spacial score (nSPS) is 11.3. The van der Waals surface area contributed by atoms with Gasteiger partial charge in [0.2, 0.25) is 5.91 Å². The number of carbonyl (C=O) groups excluding carboxylic acids is 1. The Kier molecular flexibility index (Phi) is 2.65. The van der Waals surface area contributed by atoms with E-state index in [1.54, 1.807) is 0 Å². The molecule has 0 fully saturated rings. The molecular weight excluding hydrogens is 168 g/mol. The van der Waals surface area contributed by atoms with Crippen molar-refractivity contribution in [1.82, 2.24) is 14.9 Å². The van der Waals surface area contributed by atoms with Crippen molar-refractivity contribution in [3.8, 4) is 0 Å². The van der Waals surface area contributed by atoms with E-state index in [1.807, 2.05) is 20.8 Å². The summed E-state index contributed by atoms with van der Waals surface area (Å²) >= 11 is 0. The van der Waals surface area contributed by atoms with Gasteiger partial charge in [-0.15, -0.1) is 10.2 Å². The topological polar surface area (TPSA) is 59.8 Å². The average Bonchev–Trinajstić information content (AvgIpc) is 2.57. The van der Waals surface area contributed by atoms with Crippen LogP contribution in [0, 0.1) is 5.41 Å². The maximum absolute atomic E-state index is 11.6. The molecule has 13 heavy (non-hydrogen) atoms. The van der Waals surface area contributed by atoms with Crippen LogP contribution in [0.5, 0.6) is 0 Å². The Morgan fingerprint density at radius 1 is 1.46 bits per heavy atom. The van der Waals surface area contributed by atoms with Crippen molar-refractivity contribution >= 4 is 5.91 Å². The molecule has 5 heteroatoms. The molecule has 0 atom stereocenters. The van der Waals surface area contributed by atoms with Gasteiger partial charge in [-0.2, -0.15) is 0 Å². The summed E-state index contributed by atoms with van der Waals surface area (Å²) in [5.41, 5.74) is 2.31. The smallest absolute Gasteiger partial charge is 0.244 e. The molecule has 72 valence electrons. The van der Waals surface area contributed by atoms with Gasteiger partial charge in [0, 0.05) is 5.41 Å². The lowest BCUT2D eigenvalue weighted by Crippen LogP contribution is -2.34. The van der Waals surface area contributed by atoms with Gasteiger partial charge in [0.25, 0.3) is 0 Å². The molecule has 0 unspecified atom stereocenters. The second-order valence-corrected chi connectivity index (χ2v) is 3.55. The average molecular weight is 182 g/mol. The Balaban J connectivity index is 2.61. The quantitative estimate of drug-likeness (QED) is 0.751. The monoisotopic (exact) mass is 182 g/mol. The van der Waals surface area contributed by atoms with E-state index < -0.39 is 0 Å². The van der Waals surface area contributed by atoms with E-state index in [2.05, 4.69) is 15.6 Å². The highest BCUT2D eigenvalue weighted by molar-refractivity contribution is 5.88. The molecule has 1 rings (SSSR count). The van der Waals surface area contributed by atoms with Crippen molar-refractivity contribution in [2.24, 2.45) is 5.41 Å². The van der Waals surface area contributed by atoms with Gasteiger partial charge in [0.15, 0.2) is 0 Å². The van der Waals surface area contributed by atoms with Crippen LogP contribution in [0.3, 0.4) is 0 Å². The minimum absolute atomic E-state index is 0.0326. The largest absolute Gasteiger partial charge is 0.273 e. The molecule has 1 N–H and O–H groups in total. The summed E-state index contributed by atoms with van der Waals surface area (Å²) < 4.78 is 1.44. The highest BCUT2D eigenvalue weighted by atomic mass is 16.2. The van der Waals surface area contributed by atoms with E-state index >= 15 is 0 Å². The first kappa shape index (κ1) is 9.70. The van der Waals surface area contributed by atoms with Gasteiger partial charge < -0.3 is 0 Å². The minimum atomic E-state index is -0.357. The van der Waals surface area contributed by atoms with E-state index in [1.165, 1.54) is 17.3 Å². The first-order valence-corrected chi connectivity index (χ1v) is 4.22. The minimum Gasteiger partial charge on any atom is -0.273 e. The molecular formula is C8H14N4O. The fourth-order valence-corrected chi connectivity index (χ4v) is 0.688. The Morgan fingerprint density at radius 2 is 2.00 bits per heavy atom. The molecule has 0 aliphatic heterocycles. The number of rotatable bonds is 3. The van der Waals surface area contributed by atoms with E-state index in [0.717, 1.165) is 6.42 Å². The van der Waals surface area contributed by atoms with Crippen molar-refractivity contribution in [2.45, 2.75) is 27.2 Å². The van der Waals surface area contributed by atoms with Gasteiger partial charge in [0.1, 0.15) is 12.7 Å². The van der Waals surface area contributed by atoms with Crippen LogP contribution in [-0.2, 0) is 4.79 Å². The van der Waals surface area contributed by atoms with Crippen LogP contribution >= 0.6 is 0 Å². The zero-order chi connectivity index (χ0) is 9.90. The maximum Gasteiger partial charge on any atom is 0.244 e. The van der Waals surface area contributed by atoms with E-state index in [0.29, 0.717) is 0 Å². The summed E-state index contributed by atoms with van der Waals surface area (Å²) in [5.74, 6) is -0.0326. The Hall–Kier alpha value is -1.39. The molecule has 5 nitrogen and oxygen atoms in total. The highest BCUT2D eigenvalue weighted by Crippen LogP contribution is 2.19. The lowest BCUT2D eigenvalue weighted by Gasteiger charge is -2.21. The maximum atomic E-state index is 11.6. The molecule has 0 saturated heterocycles. The predicted octanol–water partition coefficient (Wildman–Crippen LogP) is 0.784. The van der Waals surface area contributed by atoms with Crippen molar-refractivity contribution in [2.75, 3.05) is 5.43 Å². The number of hydrogen-bond donors (Lipinski definition) is 1. The van der Waals surface area contributed by atoms with Gasteiger partial charge in [0.05, 0.1) is 0 Å². The van der Waals surface area contributed by atoms with Crippen LogP contribution < -0.4 is 5.43 Å². The first-order chi connectivity index (χ1) is 6.06. The van der Waals surface area contributed by atoms with Crippen molar-refractivity contribution in [1.29, 1.82) is 0 Å². The standard InChI is InChI=1S/C8H14N4O/c1-4-8(2,3)7(13)11-12-5-9-10-6-12/h5-6H,4H2,1-3H3,(H,11,13). The van der Waals surface area contributed by atoms with E-state index in [-0.39, 0.29) is 11.3 Å². The first-order valence-electron chi connectivity index (χ1n) is 4.22. The molecule has 1 aromatic heterocycles.